The number of amides is 5. The third-order valence-electron chi connectivity index (χ3n) is 6.31. The zero-order valence-electron chi connectivity index (χ0n) is 25.6. The molecule has 0 saturated carbocycles. The lowest BCUT2D eigenvalue weighted by molar-refractivity contribution is -0.140. The molecule has 5 N–H and O–H groups in total. The number of nitrogens with two attached hydrogens (primary N) is 1. The van der Waals surface area contributed by atoms with Crippen molar-refractivity contribution in [3.05, 3.63) is 42.0 Å². The summed E-state index contributed by atoms with van der Waals surface area (Å²) in [4.78, 5) is 70.3. The third kappa shape index (κ3) is 16.6. The van der Waals surface area contributed by atoms with Gasteiger partial charge < -0.3 is 45.2 Å². The highest BCUT2D eigenvalue weighted by molar-refractivity contribution is 6.13. The Morgan fingerprint density at radius 3 is 1.91 bits per heavy atom. The number of nitrogens with zero attached hydrogens (tertiary/aromatic N) is 1. The Hall–Kier alpha value is -4.38. The molecule has 2 rings (SSSR count). The van der Waals surface area contributed by atoms with Gasteiger partial charge in [-0.3, -0.25) is 28.9 Å². The van der Waals surface area contributed by atoms with Crippen LogP contribution >= 0.6 is 0 Å². The summed E-state index contributed by atoms with van der Waals surface area (Å²) in [5.41, 5.74) is 6.31. The Kier molecular flexibility index (Phi) is 18.2. The SMILES string of the molecule is NC(=O)[C@H](CCc1ccc(OCC(=O)O)cc1)NC(=O)CCOCCOCCOCCOCCNC(=O)CCN1C(=O)C=CC1=O. The Morgan fingerprint density at radius 1 is 0.783 bits per heavy atom. The van der Waals surface area contributed by atoms with E-state index < -0.39 is 36.3 Å². The van der Waals surface area contributed by atoms with Crippen molar-refractivity contribution >= 4 is 35.5 Å². The number of aryl methyl sites for hydroxylation is 1. The molecule has 0 fully saturated rings. The molecule has 0 spiro atoms. The van der Waals surface area contributed by atoms with Gasteiger partial charge in [-0.25, -0.2) is 4.79 Å². The maximum atomic E-state index is 12.2. The monoisotopic (exact) mass is 650 g/mol. The molecule has 0 saturated heterocycles. The predicted octanol–water partition coefficient (Wildman–Crippen LogP) is -1.06. The number of primary amides is 1. The van der Waals surface area contributed by atoms with Crippen molar-refractivity contribution in [1.29, 1.82) is 0 Å². The van der Waals surface area contributed by atoms with Crippen molar-refractivity contribution in [2.24, 2.45) is 5.73 Å². The van der Waals surface area contributed by atoms with E-state index in [2.05, 4.69) is 10.6 Å². The van der Waals surface area contributed by atoms with Gasteiger partial charge in [0, 0.05) is 38.1 Å². The third-order valence-corrected chi connectivity index (χ3v) is 6.31. The van der Waals surface area contributed by atoms with E-state index >= 15 is 0 Å². The van der Waals surface area contributed by atoms with Crippen molar-refractivity contribution in [1.82, 2.24) is 15.5 Å². The first-order valence-corrected chi connectivity index (χ1v) is 14.8. The minimum Gasteiger partial charge on any atom is -0.482 e. The fraction of sp³-hybridized carbons (Fsp3) is 0.533. The Bertz CT molecular complexity index is 1160. The maximum Gasteiger partial charge on any atom is 0.341 e. The zero-order chi connectivity index (χ0) is 33.6. The summed E-state index contributed by atoms with van der Waals surface area (Å²) < 4.78 is 26.6. The van der Waals surface area contributed by atoms with Gasteiger partial charge in [-0.15, -0.1) is 0 Å². The van der Waals surface area contributed by atoms with Crippen molar-refractivity contribution in [2.75, 3.05) is 72.6 Å². The molecule has 1 heterocycles. The lowest BCUT2D eigenvalue weighted by Crippen LogP contribution is -2.45. The summed E-state index contributed by atoms with van der Waals surface area (Å²) in [6.07, 6.45) is 3.18. The quantitative estimate of drug-likeness (QED) is 0.0696. The van der Waals surface area contributed by atoms with E-state index in [1.54, 1.807) is 24.3 Å². The Balaban J connectivity index is 1.38. The van der Waals surface area contributed by atoms with Gasteiger partial charge in [0.1, 0.15) is 11.8 Å². The number of carboxylic acid groups (broad SMARTS) is 1. The fourth-order valence-corrected chi connectivity index (χ4v) is 3.90. The number of aliphatic carboxylic acids is 1. The molecule has 1 aliphatic rings. The molecule has 16 heteroatoms. The van der Waals surface area contributed by atoms with Gasteiger partial charge in [-0.2, -0.15) is 0 Å². The molecule has 46 heavy (non-hydrogen) atoms. The molecule has 1 aliphatic heterocycles. The summed E-state index contributed by atoms with van der Waals surface area (Å²) in [6.45, 7) is 2.26. The summed E-state index contributed by atoms with van der Waals surface area (Å²) in [6, 6.07) is 5.90. The normalized spacial score (nSPS) is 13.1. The van der Waals surface area contributed by atoms with Crippen LogP contribution in [-0.4, -0.2) is 124 Å². The fourth-order valence-electron chi connectivity index (χ4n) is 3.90. The number of benzene rings is 1. The van der Waals surface area contributed by atoms with E-state index in [1.807, 2.05) is 0 Å². The minimum atomic E-state index is -1.07. The molecule has 1 atom stereocenters. The second-order valence-corrected chi connectivity index (χ2v) is 9.85. The van der Waals surface area contributed by atoms with Crippen molar-refractivity contribution in [2.45, 2.75) is 31.7 Å². The van der Waals surface area contributed by atoms with Gasteiger partial charge in [-0.1, -0.05) is 12.1 Å². The first-order chi connectivity index (χ1) is 22.2. The Morgan fingerprint density at radius 2 is 1.35 bits per heavy atom. The maximum absolute atomic E-state index is 12.2. The molecule has 1 aromatic rings. The van der Waals surface area contributed by atoms with E-state index in [0.717, 1.165) is 10.5 Å². The average molecular weight is 651 g/mol. The van der Waals surface area contributed by atoms with Crippen LogP contribution in [0.3, 0.4) is 0 Å². The molecule has 1 aromatic carbocycles. The number of carbonyl (C=O) groups is 6. The number of hydrogen-bond acceptors (Lipinski definition) is 11. The summed E-state index contributed by atoms with van der Waals surface area (Å²) in [7, 11) is 0. The smallest absolute Gasteiger partial charge is 0.341 e. The lowest BCUT2D eigenvalue weighted by atomic mass is 10.0. The molecule has 0 aromatic heterocycles. The lowest BCUT2D eigenvalue weighted by Gasteiger charge is -2.16. The molecule has 0 aliphatic carbocycles. The van der Waals surface area contributed by atoms with Gasteiger partial charge in [0.2, 0.25) is 17.7 Å². The van der Waals surface area contributed by atoms with Crippen LogP contribution in [-0.2, 0) is 54.1 Å². The van der Waals surface area contributed by atoms with Crippen LogP contribution in [0.2, 0.25) is 0 Å². The van der Waals surface area contributed by atoms with Crippen LogP contribution in [0.1, 0.15) is 24.8 Å². The van der Waals surface area contributed by atoms with Gasteiger partial charge in [-0.05, 0) is 30.5 Å². The molecule has 0 unspecified atom stereocenters. The van der Waals surface area contributed by atoms with E-state index in [-0.39, 0.29) is 51.0 Å². The largest absolute Gasteiger partial charge is 0.482 e. The second kappa shape index (κ2) is 22.2. The number of rotatable bonds is 26. The summed E-state index contributed by atoms with van der Waals surface area (Å²) in [5, 5.41) is 13.9. The van der Waals surface area contributed by atoms with E-state index in [0.29, 0.717) is 58.2 Å². The van der Waals surface area contributed by atoms with Crippen LogP contribution < -0.4 is 21.1 Å². The molecular formula is C30H42N4O12. The van der Waals surface area contributed by atoms with Gasteiger partial charge in [0.25, 0.3) is 11.8 Å². The van der Waals surface area contributed by atoms with Crippen molar-refractivity contribution in [3.8, 4) is 5.75 Å². The van der Waals surface area contributed by atoms with Gasteiger partial charge in [0.05, 0.1) is 52.9 Å². The summed E-state index contributed by atoms with van der Waals surface area (Å²) in [5.74, 6) is -2.80. The minimum absolute atomic E-state index is 0.0237. The topological polar surface area (TPSA) is 222 Å². The number of hydrogen-bond donors (Lipinski definition) is 4. The number of carboxylic acids is 1. The number of nitrogens with one attached hydrogen (secondary N) is 2. The molecule has 0 bridgehead atoms. The van der Waals surface area contributed by atoms with Gasteiger partial charge in [0.15, 0.2) is 6.61 Å². The highest BCUT2D eigenvalue weighted by Crippen LogP contribution is 2.14. The highest BCUT2D eigenvalue weighted by Gasteiger charge is 2.23. The van der Waals surface area contributed by atoms with Crippen LogP contribution in [0.15, 0.2) is 36.4 Å². The standard InChI is InChI=1S/C30H42N4O12/c31-30(41)24(6-3-22-1-4-23(5-2-22)46-21-29(39)40)33-26(36)10-13-42-15-17-44-19-20-45-18-16-43-14-11-32-25(35)9-12-34-27(37)7-8-28(34)38/h1-2,4-5,7-8,24H,3,6,9-21H2,(H2,31,41)(H,32,35)(H,33,36)(H,39,40)/t24-/m0/s1. The van der Waals surface area contributed by atoms with E-state index in [4.69, 9.17) is 34.5 Å². The molecule has 16 nitrogen and oxygen atoms in total. The molecule has 5 amide bonds. The van der Waals surface area contributed by atoms with E-state index in [1.165, 1.54) is 12.2 Å². The van der Waals surface area contributed by atoms with Crippen LogP contribution in [0.4, 0.5) is 0 Å². The van der Waals surface area contributed by atoms with Crippen LogP contribution in [0.25, 0.3) is 0 Å². The van der Waals surface area contributed by atoms with Crippen LogP contribution in [0, 0.1) is 0 Å². The first-order valence-electron chi connectivity index (χ1n) is 14.8. The molecule has 254 valence electrons. The Labute approximate surface area is 266 Å². The molecule has 0 radical (unpaired) electrons. The number of carbonyl (C=O) groups excluding carboxylic acids is 5. The zero-order valence-corrected chi connectivity index (χ0v) is 25.6. The van der Waals surface area contributed by atoms with E-state index in [9.17, 15) is 28.8 Å². The first kappa shape index (κ1) is 37.8. The average Bonchev–Trinajstić information content (AvgIpc) is 3.35. The molecular weight excluding hydrogens is 608 g/mol. The summed E-state index contributed by atoms with van der Waals surface area (Å²) >= 11 is 0. The predicted molar refractivity (Wildman–Crippen MR) is 160 cm³/mol. The van der Waals surface area contributed by atoms with Crippen molar-refractivity contribution < 1.29 is 57.6 Å². The van der Waals surface area contributed by atoms with Gasteiger partial charge >= 0.3 is 5.97 Å². The number of ether oxygens (including phenoxy) is 5. The number of imide groups is 1. The van der Waals surface area contributed by atoms with Crippen molar-refractivity contribution in [3.63, 3.8) is 0 Å². The second-order valence-electron chi connectivity index (χ2n) is 9.85. The highest BCUT2D eigenvalue weighted by atomic mass is 16.6. The van der Waals surface area contributed by atoms with Crippen LogP contribution in [0.5, 0.6) is 5.75 Å².